The lowest BCUT2D eigenvalue weighted by atomic mass is 9.98. The molecule has 2 aromatic heterocycles. The van der Waals surface area contributed by atoms with Gasteiger partial charge >= 0.3 is 0 Å². The highest BCUT2D eigenvalue weighted by Crippen LogP contribution is 2.28. The van der Waals surface area contributed by atoms with Gasteiger partial charge in [0.2, 0.25) is 5.95 Å². The first-order valence-corrected chi connectivity index (χ1v) is 8.87. The zero-order valence-electron chi connectivity index (χ0n) is 13.8. The molecule has 0 aliphatic carbocycles. The van der Waals surface area contributed by atoms with Crippen LogP contribution in [0.1, 0.15) is 36.0 Å². The maximum absolute atomic E-state index is 6.05. The zero-order valence-corrected chi connectivity index (χ0v) is 14.6. The molecule has 1 fully saturated rings. The van der Waals surface area contributed by atoms with E-state index in [0.29, 0.717) is 6.42 Å². The molecule has 0 radical (unpaired) electrons. The minimum Gasteiger partial charge on any atom is -0.445 e. The highest BCUT2D eigenvalue weighted by atomic mass is 35.5. The van der Waals surface area contributed by atoms with Crippen molar-refractivity contribution in [1.82, 2.24) is 15.0 Å². The molecule has 25 heavy (non-hydrogen) atoms. The summed E-state index contributed by atoms with van der Waals surface area (Å²) in [6.07, 6.45) is 8.23. The van der Waals surface area contributed by atoms with Gasteiger partial charge in [0, 0.05) is 36.9 Å². The number of anilines is 1. The fourth-order valence-electron chi connectivity index (χ4n) is 3.26. The van der Waals surface area contributed by atoms with E-state index in [4.69, 9.17) is 16.0 Å². The van der Waals surface area contributed by atoms with Crippen LogP contribution in [0.3, 0.4) is 0 Å². The Bertz CT molecular complexity index is 836. The average molecular weight is 355 g/mol. The normalized spacial score (nSPS) is 17.6. The van der Waals surface area contributed by atoms with E-state index in [1.165, 1.54) is 0 Å². The summed E-state index contributed by atoms with van der Waals surface area (Å²) in [6.45, 7) is 1.80. The maximum Gasteiger partial charge on any atom is 0.225 e. The van der Waals surface area contributed by atoms with E-state index in [1.807, 2.05) is 36.5 Å². The minimum atomic E-state index is 0.269. The van der Waals surface area contributed by atoms with Crippen molar-refractivity contribution in [3.05, 3.63) is 71.2 Å². The summed E-state index contributed by atoms with van der Waals surface area (Å²) in [5.41, 5.74) is 1.12. The summed E-state index contributed by atoms with van der Waals surface area (Å²) in [6, 6.07) is 9.66. The molecule has 1 aliphatic rings. The van der Waals surface area contributed by atoms with E-state index in [0.717, 1.165) is 54.1 Å². The van der Waals surface area contributed by atoms with Crippen LogP contribution >= 0.6 is 11.6 Å². The SMILES string of the molecule is Clc1cccc(Cc2cnc([C@@H]3CCCN(c4ncccn4)C3)o2)c1. The van der Waals surface area contributed by atoms with E-state index >= 15 is 0 Å². The molecular formula is C19H19ClN4O. The van der Waals surface area contributed by atoms with Crippen molar-refractivity contribution in [3.63, 3.8) is 0 Å². The number of oxazole rings is 1. The molecule has 1 aliphatic heterocycles. The Hall–Kier alpha value is -2.40. The maximum atomic E-state index is 6.05. The molecule has 1 aromatic carbocycles. The first-order chi connectivity index (χ1) is 12.3. The predicted molar refractivity (Wildman–Crippen MR) is 97.0 cm³/mol. The lowest BCUT2D eigenvalue weighted by molar-refractivity contribution is 0.383. The van der Waals surface area contributed by atoms with Crippen LogP contribution in [0.15, 0.2) is 53.3 Å². The van der Waals surface area contributed by atoms with Gasteiger partial charge in [-0.25, -0.2) is 15.0 Å². The molecule has 0 bridgehead atoms. The van der Waals surface area contributed by atoms with Gasteiger partial charge in [-0.1, -0.05) is 23.7 Å². The van der Waals surface area contributed by atoms with Crippen LogP contribution in [0.25, 0.3) is 0 Å². The van der Waals surface area contributed by atoms with Crippen molar-refractivity contribution in [1.29, 1.82) is 0 Å². The highest BCUT2D eigenvalue weighted by Gasteiger charge is 2.26. The van der Waals surface area contributed by atoms with E-state index < -0.39 is 0 Å². The third-order valence-corrected chi connectivity index (χ3v) is 4.68. The molecule has 0 saturated carbocycles. The number of hydrogen-bond donors (Lipinski definition) is 0. The van der Waals surface area contributed by atoms with Crippen LogP contribution < -0.4 is 4.90 Å². The van der Waals surface area contributed by atoms with Gasteiger partial charge in [-0.3, -0.25) is 0 Å². The van der Waals surface area contributed by atoms with Gasteiger partial charge in [0.25, 0.3) is 0 Å². The molecule has 3 heterocycles. The second-order valence-corrected chi connectivity index (χ2v) is 6.74. The number of halogens is 1. The second-order valence-electron chi connectivity index (χ2n) is 6.31. The summed E-state index contributed by atoms with van der Waals surface area (Å²) in [5.74, 6) is 2.71. The van der Waals surface area contributed by atoms with Gasteiger partial charge in [0.1, 0.15) is 5.76 Å². The molecule has 0 amide bonds. The predicted octanol–water partition coefficient (Wildman–Crippen LogP) is 4.09. The van der Waals surface area contributed by atoms with E-state index in [9.17, 15) is 0 Å². The fourth-order valence-corrected chi connectivity index (χ4v) is 3.47. The van der Waals surface area contributed by atoms with E-state index in [1.54, 1.807) is 12.4 Å². The number of hydrogen-bond acceptors (Lipinski definition) is 5. The lowest BCUT2D eigenvalue weighted by Gasteiger charge is -2.31. The summed E-state index contributed by atoms with van der Waals surface area (Å²) in [7, 11) is 0. The second kappa shape index (κ2) is 7.23. The Morgan fingerprint density at radius 2 is 2.04 bits per heavy atom. The molecule has 4 rings (SSSR count). The Morgan fingerprint density at radius 3 is 2.88 bits per heavy atom. The number of benzene rings is 1. The first kappa shape index (κ1) is 16.1. The van der Waals surface area contributed by atoms with Gasteiger partial charge in [-0.15, -0.1) is 0 Å². The van der Waals surface area contributed by atoms with Crippen molar-refractivity contribution in [2.75, 3.05) is 18.0 Å². The Kier molecular flexibility index (Phi) is 4.65. The number of piperidine rings is 1. The van der Waals surface area contributed by atoms with Gasteiger partial charge in [-0.2, -0.15) is 0 Å². The van der Waals surface area contributed by atoms with Crippen LogP contribution in [0.2, 0.25) is 5.02 Å². The molecule has 0 spiro atoms. The van der Waals surface area contributed by atoms with Gasteiger partial charge < -0.3 is 9.32 Å². The lowest BCUT2D eigenvalue weighted by Crippen LogP contribution is -2.35. The minimum absolute atomic E-state index is 0.269. The smallest absolute Gasteiger partial charge is 0.225 e. The van der Waals surface area contributed by atoms with Crippen LogP contribution in [0.4, 0.5) is 5.95 Å². The largest absolute Gasteiger partial charge is 0.445 e. The molecule has 1 saturated heterocycles. The van der Waals surface area contributed by atoms with Crippen LogP contribution in [0.5, 0.6) is 0 Å². The monoisotopic (exact) mass is 354 g/mol. The zero-order chi connectivity index (χ0) is 17.1. The number of rotatable bonds is 4. The molecule has 3 aromatic rings. The van der Waals surface area contributed by atoms with Crippen molar-refractivity contribution in [2.45, 2.75) is 25.2 Å². The molecular weight excluding hydrogens is 336 g/mol. The van der Waals surface area contributed by atoms with Gasteiger partial charge in [-0.05, 0) is 36.6 Å². The van der Waals surface area contributed by atoms with Gasteiger partial charge in [0.05, 0.1) is 12.1 Å². The van der Waals surface area contributed by atoms with Crippen LogP contribution in [0, 0.1) is 0 Å². The fraction of sp³-hybridized carbons (Fsp3) is 0.316. The Morgan fingerprint density at radius 1 is 1.16 bits per heavy atom. The van der Waals surface area contributed by atoms with Crippen molar-refractivity contribution in [3.8, 4) is 0 Å². The molecule has 0 N–H and O–H groups in total. The van der Waals surface area contributed by atoms with Crippen molar-refractivity contribution < 1.29 is 4.42 Å². The van der Waals surface area contributed by atoms with Crippen molar-refractivity contribution >= 4 is 17.5 Å². The Balaban J connectivity index is 1.46. The molecule has 1 atom stereocenters. The standard InChI is InChI=1S/C19H19ClN4O/c20-16-6-1-4-14(10-16)11-17-12-23-18(25-17)15-5-2-9-24(13-15)19-21-7-3-8-22-19/h1,3-4,6-8,10,12,15H,2,5,9,11,13H2/t15-/m1/s1. The number of aromatic nitrogens is 3. The van der Waals surface area contributed by atoms with E-state index in [-0.39, 0.29) is 5.92 Å². The average Bonchev–Trinajstić information content (AvgIpc) is 3.11. The van der Waals surface area contributed by atoms with Crippen molar-refractivity contribution in [2.24, 2.45) is 0 Å². The topological polar surface area (TPSA) is 55.1 Å². The summed E-state index contributed by atoms with van der Waals surface area (Å²) in [5, 5.41) is 0.739. The highest BCUT2D eigenvalue weighted by molar-refractivity contribution is 6.30. The number of nitrogens with zero attached hydrogens (tertiary/aromatic N) is 4. The quantitative estimate of drug-likeness (QED) is 0.706. The third kappa shape index (κ3) is 3.82. The molecule has 6 heteroatoms. The summed E-state index contributed by atoms with van der Waals surface area (Å²) >= 11 is 6.05. The third-order valence-electron chi connectivity index (χ3n) is 4.44. The van der Waals surface area contributed by atoms with Gasteiger partial charge in [0.15, 0.2) is 5.89 Å². The molecule has 0 unspecified atom stereocenters. The molecule has 128 valence electrons. The first-order valence-electron chi connectivity index (χ1n) is 8.49. The van der Waals surface area contributed by atoms with E-state index in [2.05, 4.69) is 19.9 Å². The summed E-state index contributed by atoms with van der Waals surface area (Å²) in [4.78, 5) is 15.4. The Labute approximate surface area is 151 Å². The van der Waals surface area contributed by atoms with Crippen LogP contribution in [-0.2, 0) is 6.42 Å². The van der Waals surface area contributed by atoms with Crippen LogP contribution in [-0.4, -0.2) is 28.0 Å². The molecule has 5 nitrogen and oxygen atoms in total. The summed E-state index contributed by atoms with van der Waals surface area (Å²) < 4.78 is 6.03.